The fourth-order valence-electron chi connectivity index (χ4n) is 4.06. The van der Waals surface area contributed by atoms with E-state index in [-0.39, 0.29) is 17.9 Å². The molecule has 0 radical (unpaired) electrons. The normalized spacial score (nSPS) is 24.6. The van der Waals surface area contributed by atoms with Crippen LogP contribution in [0.3, 0.4) is 0 Å². The van der Waals surface area contributed by atoms with Crippen LogP contribution in [0.25, 0.3) is 0 Å². The molecule has 0 spiro atoms. The summed E-state index contributed by atoms with van der Waals surface area (Å²) in [5.74, 6) is 0.290. The van der Waals surface area contributed by atoms with E-state index >= 15 is 0 Å². The fourth-order valence-corrected chi connectivity index (χ4v) is 4.06. The summed E-state index contributed by atoms with van der Waals surface area (Å²) in [4.78, 5) is 0. The van der Waals surface area contributed by atoms with Crippen molar-refractivity contribution in [2.24, 2.45) is 5.92 Å². The summed E-state index contributed by atoms with van der Waals surface area (Å²) in [5, 5.41) is 3.49. The third kappa shape index (κ3) is 2.84. The Morgan fingerprint density at radius 2 is 1.84 bits per heavy atom. The van der Waals surface area contributed by atoms with Crippen LogP contribution in [0.4, 0.5) is 18.9 Å². The Balaban J connectivity index is 1.73. The van der Waals surface area contributed by atoms with Crippen LogP contribution < -0.4 is 5.32 Å². The number of fused-ring (bicyclic) bond motifs is 3. The van der Waals surface area contributed by atoms with Gasteiger partial charge >= 0.3 is 6.18 Å². The molecule has 0 saturated carbocycles. The average Bonchev–Trinajstić information content (AvgIpc) is 3.10. The molecule has 2 aromatic rings. The third-order valence-electron chi connectivity index (χ3n) is 5.44. The average molecular weight is 343 g/mol. The number of allylic oxidation sites excluding steroid dienone is 2. The number of hydrogen-bond acceptors (Lipinski definition) is 1. The van der Waals surface area contributed by atoms with E-state index in [4.69, 9.17) is 0 Å². The Morgan fingerprint density at radius 3 is 2.52 bits per heavy atom. The van der Waals surface area contributed by atoms with Gasteiger partial charge in [0.05, 0.1) is 11.6 Å². The molecule has 2 aliphatic rings. The molecule has 1 nitrogen and oxygen atoms in total. The predicted octanol–water partition coefficient (Wildman–Crippen LogP) is 6.09. The molecule has 130 valence electrons. The first-order valence-electron chi connectivity index (χ1n) is 8.70. The standard InChI is InChI=1S/C21H20F3N/c1-2-13-6-8-14(9-7-13)20-17-5-3-4-16(17)18-12-15(21(22,23)24)10-11-19(18)25-20/h3-4,6-12,16-17,20,25H,2,5H2,1H3/t16-,17+,20-/m0/s1. The summed E-state index contributed by atoms with van der Waals surface area (Å²) in [7, 11) is 0. The lowest BCUT2D eigenvalue weighted by molar-refractivity contribution is -0.137. The number of anilines is 1. The van der Waals surface area contributed by atoms with Gasteiger partial charge in [-0.05, 0) is 53.6 Å². The van der Waals surface area contributed by atoms with Crippen LogP contribution in [-0.2, 0) is 12.6 Å². The highest BCUT2D eigenvalue weighted by molar-refractivity contribution is 5.61. The van der Waals surface area contributed by atoms with E-state index < -0.39 is 11.7 Å². The third-order valence-corrected chi connectivity index (χ3v) is 5.44. The van der Waals surface area contributed by atoms with E-state index in [2.05, 4.69) is 48.7 Å². The molecule has 2 aromatic carbocycles. The second kappa shape index (κ2) is 5.94. The fraction of sp³-hybridized carbons (Fsp3) is 0.333. The highest BCUT2D eigenvalue weighted by atomic mass is 19.4. The lowest BCUT2D eigenvalue weighted by Crippen LogP contribution is -2.29. The van der Waals surface area contributed by atoms with Gasteiger partial charge in [-0.25, -0.2) is 0 Å². The maximum atomic E-state index is 13.1. The van der Waals surface area contributed by atoms with Gasteiger partial charge in [0.2, 0.25) is 0 Å². The molecule has 0 unspecified atom stereocenters. The van der Waals surface area contributed by atoms with Gasteiger partial charge in [0.15, 0.2) is 0 Å². The molecular formula is C21H20F3N. The quantitative estimate of drug-likeness (QED) is 0.650. The second-order valence-electron chi connectivity index (χ2n) is 6.87. The van der Waals surface area contributed by atoms with Crippen LogP contribution >= 0.6 is 0 Å². The van der Waals surface area contributed by atoms with Gasteiger partial charge in [-0.2, -0.15) is 13.2 Å². The van der Waals surface area contributed by atoms with Gasteiger partial charge in [0.1, 0.15) is 0 Å². The summed E-state index contributed by atoms with van der Waals surface area (Å²) >= 11 is 0. The van der Waals surface area contributed by atoms with Crippen molar-refractivity contribution in [2.75, 3.05) is 5.32 Å². The predicted molar refractivity (Wildman–Crippen MR) is 93.6 cm³/mol. The minimum absolute atomic E-state index is 0.0365. The smallest absolute Gasteiger partial charge is 0.378 e. The molecule has 1 aliphatic heterocycles. The minimum Gasteiger partial charge on any atom is -0.378 e. The Kier molecular flexibility index (Phi) is 3.86. The summed E-state index contributed by atoms with van der Waals surface area (Å²) < 4.78 is 39.2. The highest BCUT2D eigenvalue weighted by Gasteiger charge is 2.39. The van der Waals surface area contributed by atoms with Crippen LogP contribution in [0.1, 0.15) is 47.6 Å². The van der Waals surface area contributed by atoms with E-state index in [0.29, 0.717) is 0 Å². The van der Waals surface area contributed by atoms with Crippen molar-refractivity contribution in [2.45, 2.75) is 37.9 Å². The van der Waals surface area contributed by atoms with E-state index in [0.717, 1.165) is 24.1 Å². The van der Waals surface area contributed by atoms with Crippen LogP contribution in [0.15, 0.2) is 54.6 Å². The summed E-state index contributed by atoms with van der Waals surface area (Å²) in [5.41, 5.74) is 3.48. The number of alkyl halides is 3. The zero-order valence-corrected chi connectivity index (χ0v) is 14.0. The maximum absolute atomic E-state index is 13.1. The molecule has 1 N–H and O–H groups in total. The zero-order chi connectivity index (χ0) is 17.6. The summed E-state index contributed by atoms with van der Waals surface area (Å²) in [6, 6.07) is 12.7. The monoisotopic (exact) mass is 343 g/mol. The van der Waals surface area contributed by atoms with Crippen molar-refractivity contribution in [3.63, 3.8) is 0 Å². The van der Waals surface area contributed by atoms with Gasteiger partial charge in [-0.15, -0.1) is 0 Å². The molecule has 0 aromatic heterocycles. The Bertz CT molecular complexity index is 805. The molecule has 0 amide bonds. The van der Waals surface area contributed by atoms with Crippen LogP contribution in [0.2, 0.25) is 0 Å². The van der Waals surface area contributed by atoms with E-state index in [1.165, 1.54) is 23.3 Å². The molecule has 0 bridgehead atoms. The van der Waals surface area contributed by atoms with Gasteiger partial charge < -0.3 is 5.32 Å². The van der Waals surface area contributed by atoms with Gasteiger partial charge in [0.25, 0.3) is 0 Å². The molecule has 1 aliphatic carbocycles. The van der Waals surface area contributed by atoms with Crippen molar-refractivity contribution < 1.29 is 13.2 Å². The van der Waals surface area contributed by atoms with Crippen molar-refractivity contribution in [1.82, 2.24) is 0 Å². The summed E-state index contributed by atoms with van der Waals surface area (Å²) in [6.45, 7) is 2.12. The van der Waals surface area contributed by atoms with Gasteiger partial charge in [0, 0.05) is 11.6 Å². The van der Waals surface area contributed by atoms with E-state index in [9.17, 15) is 13.2 Å². The first-order valence-corrected chi connectivity index (χ1v) is 8.70. The van der Waals surface area contributed by atoms with Crippen molar-refractivity contribution in [3.05, 3.63) is 76.9 Å². The molecule has 4 heteroatoms. The number of nitrogens with one attached hydrogen (secondary N) is 1. The lowest BCUT2D eigenvalue weighted by atomic mass is 9.76. The molecule has 4 rings (SSSR count). The van der Waals surface area contributed by atoms with Crippen molar-refractivity contribution in [3.8, 4) is 0 Å². The Hall–Kier alpha value is -2.23. The highest BCUT2D eigenvalue weighted by Crippen LogP contribution is 2.50. The van der Waals surface area contributed by atoms with Gasteiger partial charge in [-0.1, -0.05) is 43.3 Å². The number of aryl methyl sites for hydroxylation is 1. The maximum Gasteiger partial charge on any atom is 0.416 e. The van der Waals surface area contributed by atoms with Crippen molar-refractivity contribution >= 4 is 5.69 Å². The van der Waals surface area contributed by atoms with Gasteiger partial charge in [-0.3, -0.25) is 0 Å². The zero-order valence-electron chi connectivity index (χ0n) is 14.0. The molecule has 1 heterocycles. The topological polar surface area (TPSA) is 12.0 Å². The van der Waals surface area contributed by atoms with Crippen LogP contribution in [0.5, 0.6) is 0 Å². The number of benzene rings is 2. The van der Waals surface area contributed by atoms with Crippen LogP contribution in [0, 0.1) is 5.92 Å². The number of halogens is 3. The summed E-state index contributed by atoms with van der Waals surface area (Å²) in [6.07, 6.45) is 1.74. The first-order chi connectivity index (χ1) is 12.0. The molecule has 0 saturated heterocycles. The van der Waals surface area contributed by atoms with E-state index in [1.807, 2.05) is 0 Å². The number of rotatable bonds is 2. The Morgan fingerprint density at radius 1 is 1.08 bits per heavy atom. The molecular weight excluding hydrogens is 323 g/mol. The van der Waals surface area contributed by atoms with E-state index in [1.54, 1.807) is 6.07 Å². The molecule has 3 atom stereocenters. The largest absolute Gasteiger partial charge is 0.416 e. The Labute approximate surface area is 145 Å². The SMILES string of the molecule is CCc1ccc([C@@H]2Nc3ccc(C(F)(F)F)cc3[C@H]3C=CC[C@H]32)cc1. The lowest BCUT2D eigenvalue weighted by Gasteiger charge is -2.38. The first kappa shape index (κ1) is 16.2. The van der Waals surface area contributed by atoms with Crippen molar-refractivity contribution in [1.29, 1.82) is 0 Å². The van der Waals surface area contributed by atoms with Crippen LogP contribution in [-0.4, -0.2) is 0 Å². The molecule has 0 fully saturated rings. The second-order valence-corrected chi connectivity index (χ2v) is 6.87. The molecule has 25 heavy (non-hydrogen) atoms. The number of hydrogen-bond donors (Lipinski definition) is 1. The minimum atomic E-state index is -4.31.